The number of amides is 1. The fourth-order valence-corrected chi connectivity index (χ4v) is 4.40. The number of anilines is 2. The molecule has 1 amide bonds. The summed E-state index contributed by atoms with van der Waals surface area (Å²) >= 11 is 0. The Morgan fingerprint density at radius 3 is 2.46 bits per heavy atom. The van der Waals surface area contributed by atoms with Crippen LogP contribution < -0.4 is 10.6 Å². The number of nitrogens with one attached hydrogen (secondary N) is 2. The van der Waals surface area contributed by atoms with Crippen molar-refractivity contribution in [3.8, 4) is 11.4 Å². The first-order valence-electron chi connectivity index (χ1n) is 13.2. The Kier molecular flexibility index (Phi) is 10.1. The van der Waals surface area contributed by atoms with Gasteiger partial charge in [-0.05, 0) is 42.7 Å². The van der Waals surface area contributed by atoms with E-state index in [1.807, 2.05) is 18.2 Å². The number of halogens is 3. The highest BCUT2D eigenvalue weighted by atomic mass is 19.4. The molecule has 218 valence electrons. The Labute approximate surface area is 234 Å². The number of benzene rings is 1. The van der Waals surface area contributed by atoms with Gasteiger partial charge in [0, 0.05) is 75.4 Å². The summed E-state index contributed by atoms with van der Waals surface area (Å²) in [5.74, 6) is -1.52. The number of carbonyl (C=O) groups is 2. The molecule has 3 aliphatic heterocycles. The topological polar surface area (TPSA) is 136 Å². The molecule has 3 aliphatic rings. The highest BCUT2D eigenvalue weighted by Crippen LogP contribution is 2.20. The number of rotatable bonds is 0. The number of hydrogen-bond donors (Lipinski definition) is 3. The van der Waals surface area contributed by atoms with Gasteiger partial charge >= 0.3 is 12.1 Å². The van der Waals surface area contributed by atoms with Crippen LogP contribution in [-0.2, 0) is 22.6 Å². The fraction of sp³-hybridized carbons (Fsp3) is 0.407. The van der Waals surface area contributed by atoms with Crippen LogP contribution in [0.3, 0.4) is 0 Å². The molecule has 11 nitrogen and oxygen atoms in total. The van der Waals surface area contributed by atoms with E-state index in [0.29, 0.717) is 24.7 Å². The van der Waals surface area contributed by atoms with E-state index >= 15 is 0 Å². The maximum Gasteiger partial charge on any atom is 0.490 e. The monoisotopic (exact) mass is 572 g/mol. The third-order valence-electron chi connectivity index (χ3n) is 6.53. The fourth-order valence-electron chi connectivity index (χ4n) is 4.40. The molecule has 1 fully saturated rings. The Balaban J connectivity index is 0.000000493. The minimum Gasteiger partial charge on any atom is -0.475 e. The van der Waals surface area contributed by atoms with E-state index in [9.17, 15) is 18.0 Å². The Morgan fingerprint density at radius 2 is 1.71 bits per heavy atom. The lowest BCUT2D eigenvalue weighted by Gasteiger charge is -2.34. The molecule has 1 aromatic carbocycles. The predicted molar refractivity (Wildman–Crippen MR) is 144 cm³/mol. The zero-order valence-corrected chi connectivity index (χ0v) is 22.3. The van der Waals surface area contributed by atoms with Crippen molar-refractivity contribution < 1.29 is 27.9 Å². The molecule has 14 heteroatoms. The molecule has 8 bridgehead atoms. The largest absolute Gasteiger partial charge is 0.490 e. The van der Waals surface area contributed by atoms with Crippen molar-refractivity contribution >= 4 is 23.5 Å². The van der Waals surface area contributed by atoms with Crippen LogP contribution in [-0.4, -0.2) is 92.2 Å². The summed E-state index contributed by atoms with van der Waals surface area (Å²) in [6, 6.07) is 12.3. The number of carbonyl (C=O) groups excluding carboxylic acids is 1. The lowest BCUT2D eigenvalue weighted by molar-refractivity contribution is -0.192. The quantitative estimate of drug-likeness (QED) is 0.369. The number of carboxylic acids is 1. The summed E-state index contributed by atoms with van der Waals surface area (Å²) in [6.45, 7) is 6.33. The van der Waals surface area contributed by atoms with Gasteiger partial charge in [-0.25, -0.2) is 14.8 Å². The van der Waals surface area contributed by atoms with Gasteiger partial charge in [0.2, 0.25) is 11.9 Å². The van der Waals surface area contributed by atoms with Gasteiger partial charge in [-0.1, -0.05) is 12.1 Å². The second-order valence-electron chi connectivity index (χ2n) is 9.62. The number of alkyl halides is 3. The molecule has 0 atom stereocenters. The highest BCUT2D eigenvalue weighted by Gasteiger charge is 2.38. The van der Waals surface area contributed by atoms with Crippen LogP contribution in [0.25, 0.3) is 11.4 Å². The first kappa shape index (κ1) is 29.8. The minimum atomic E-state index is -5.08. The molecule has 0 radical (unpaired) electrons. The number of nitrogens with zero attached hydrogens (tertiary/aromatic N) is 6. The second-order valence-corrected chi connectivity index (χ2v) is 9.62. The molecule has 5 heterocycles. The standard InChI is InChI=1S/C25H30N8O.C2HF3O2/c34-23-7-10-32-11-13-33(14-12-32)17-19-3-1-4-22(15-19)30-25-29-18-28-24(31-25)20-6-9-26-21(16-20)5-2-8-27-23;3-2(4,5)1(6)7/h1,3-4,6,9,15-16,18H,2,5,7-8,10-14,17H2,(H,27,34)(H,28,29,30,31);(H,6,7). The SMILES string of the molecule is O=C(O)C(F)(F)F.O=C1CCN2CCN(CC2)Cc2cccc(c2)Nc2ncnc(n2)-c2ccnc(c2)CCCN1. The number of piperazine rings is 1. The van der Waals surface area contributed by atoms with Crippen LogP contribution in [0.15, 0.2) is 48.9 Å². The van der Waals surface area contributed by atoms with Crippen molar-refractivity contribution in [2.75, 3.05) is 44.6 Å². The summed E-state index contributed by atoms with van der Waals surface area (Å²) in [4.78, 5) is 43.8. The average Bonchev–Trinajstić information content (AvgIpc) is 2.95. The number of aliphatic carboxylic acids is 1. The van der Waals surface area contributed by atoms with Crippen LogP contribution in [0.5, 0.6) is 0 Å². The minimum absolute atomic E-state index is 0.119. The molecule has 41 heavy (non-hydrogen) atoms. The molecule has 6 rings (SSSR count). The molecule has 0 unspecified atom stereocenters. The van der Waals surface area contributed by atoms with Crippen molar-refractivity contribution in [1.29, 1.82) is 0 Å². The van der Waals surface area contributed by atoms with Gasteiger partial charge in [0.05, 0.1) is 0 Å². The molecule has 3 N–H and O–H groups in total. The zero-order valence-electron chi connectivity index (χ0n) is 22.3. The number of fused-ring (bicyclic) bond motifs is 8. The second kappa shape index (κ2) is 13.9. The zero-order chi connectivity index (χ0) is 29.2. The Morgan fingerprint density at radius 1 is 0.951 bits per heavy atom. The molecule has 2 aromatic heterocycles. The summed E-state index contributed by atoms with van der Waals surface area (Å²) in [7, 11) is 0. The molecule has 0 spiro atoms. The van der Waals surface area contributed by atoms with E-state index in [4.69, 9.17) is 9.90 Å². The van der Waals surface area contributed by atoms with Crippen LogP contribution in [0.2, 0.25) is 0 Å². The van der Waals surface area contributed by atoms with Gasteiger partial charge in [0.25, 0.3) is 0 Å². The van der Waals surface area contributed by atoms with Crippen molar-refractivity contribution in [2.24, 2.45) is 0 Å². The predicted octanol–water partition coefficient (Wildman–Crippen LogP) is 2.88. The van der Waals surface area contributed by atoms with Crippen LogP contribution in [0.4, 0.5) is 24.8 Å². The van der Waals surface area contributed by atoms with E-state index < -0.39 is 12.1 Å². The number of aromatic nitrogens is 4. The molecular weight excluding hydrogens is 541 g/mol. The number of hydrogen-bond acceptors (Lipinski definition) is 9. The molecule has 0 aliphatic carbocycles. The number of pyridine rings is 1. The van der Waals surface area contributed by atoms with Crippen molar-refractivity contribution in [3.63, 3.8) is 0 Å². The summed E-state index contributed by atoms with van der Waals surface area (Å²) < 4.78 is 31.7. The van der Waals surface area contributed by atoms with Crippen molar-refractivity contribution in [1.82, 2.24) is 35.1 Å². The third kappa shape index (κ3) is 9.46. The van der Waals surface area contributed by atoms with Gasteiger partial charge < -0.3 is 20.6 Å². The molecule has 0 saturated carbocycles. The van der Waals surface area contributed by atoms with Gasteiger partial charge in [-0.3, -0.25) is 14.7 Å². The average molecular weight is 573 g/mol. The Bertz CT molecular complexity index is 1330. The van der Waals surface area contributed by atoms with E-state index in [0.717, 1.165) is 69.1 Å². The van der Waals surface area contributed by atoms with Crippen LogP contribution in [0, 0.1) is 0 Å². The van der Waals surface area contributed by atoms with Gasteiger partial charge in [0.15, 0.2) is 5.82 Å². The van der Waals surface area contributed by atoms with Crippen molar-refractivity contribution in [3.05, 3.63) is 60.2 Å². The van der Waals surface area contributed by atoms with Gasteiger partial charge in [-0.15, -0.1) is 0 Å². The summed E-state index contributed by atoms with van der Waals surface area (Å²) in [6.07, 6.45) is 0.381. The van der Waals surface area contributed by atoms with E-state index in [1.165, 1.54) is 11.9 Å². The van der Waals surface area contributed by atoms with E-state index in [1.54, 1.807) is 6.20 Å². The first-order valence-corrected chi connectivity index (χ1v) is 13.2. The first-order chi connectivity index (χ1) is 19.7. The van der Waals surface area contributed by atoms with Crippen molar-refractivity contribution in [2.45, 2.75) is 32.0 Å². The third-order valence-corrected chi connectivity index (χ3v) is 6.53. The summed E-state index contributed by atoms with van der Waals surface area (Å²) in [5.41, 5.74) is 4.05. The number of carboxylic acid groups (broad SMARTS) is 1. The van der Waals surface area contributed by atoms with Crippen LogP contribution >= 0.6 is 0 Å². The number of aryl methyl sites for hydroxylation is 1. The maximum atomic E-state index is 12.3. The smallest absolute Gasteiger partial charge is 0.475 e. The van der Waals surface area contributed by atoms with Crippen LogP contribution in [0.1, 0.15) is 24.1 Å². The molecular formula is C27H31F3N8O3. The van der Waals surface area contributed by atoms with Gasteiger partial charge in [0.1, 0.15) is 6.33 Å². The molecule has 1 saturated heterocycles. The normalized spacial score (nSPS) is 19.7. The lowest BCUT2D eigenvalue weighted by atomic mass is 10.1. The highest BCUT2D eigenvalue weighted by molar-refractivity contribution is 5.76. The van der Waals surface area contributed by atoms with Gasteiger partial charge in [-0.2, -0.15) is 18.2 Å². The maximum absolute atomic E-state index is 12.3. The van der Waals surface area contributed by atoms with E-state index in [-0.39, 0.29) is 5.91 Å². The summed E-state index contributed by atoms with van der Waals surface area (Å²) in [5, 5.41) is 13.5. The van der Waals surface area contributed by atoms with E-state index in [2.05, 4.69) is 58.6 Å². The molecule has 3 aromatic rings. The lowest BCUT2D eigenvalue weighted by Crippen LogP contribution is -2.46. The Hall–Kier alpha value is -4.17.